The van der Waals surface area contributed by atoms with Crippen LogP contribution in [0.5, 0.6) is 0 Å². The molecule has 0 fully saturated rings. The molecule has 0 amide bonds. The number of nitrogens with zero attached hydrogens (tertiary/aromatic N) is 3. The molecule has 0 unspecified atom stereocenters. The van der Waals surface area contributed by atoms with Crippen molar-refractivity contribution in [1.82, 2.24) is 15.0 Å². The first-order valence-corrected chi connectivity index (χ1v) is 21.7. The van der Waals surface area contributed by atoms with Crippen molar-refractivity contribution in [2.45, 2.75) is 19.3 Å². The van der Waals surface area contributed by atoms with E-state index in [-0.39, 0.29) is 5.41 Å². The predicted molar refractivity (Wildman–Crippen MR) is 263 cm³/mol. The van der Waals surface area contributed by atoms with Crippen molar-refractivity contribution in [3.05, 3.63) is 223 Å². The van der Waals surface area contributed by atoms with Crippen molar-refractivity contribution in [3.63, 3.8) is 0 Å². The summed E-state index contributed by atoms with van der Waals surface area (Å²) in [7, 11) is 0. The molecule has 0 radical (unpaired) electrons. The van der Waals surface area contributed by atoms with Gasteiger partial charge in [-0.25, -0.2) is 15.0 Å². The highest BCUT2D eigenvalue weighted by molar-refractivity contribution is 6.20. The van der Waals surface area contributed by atoms with Crippen LogP contribution >= 0.6 is 0 Å². The van der Waals surface area contributed by atoms with Crippen LogP contribution in [0.25, 0.3) is 111 Å². The van der Waals surface area contributed by atoms with E-state index >= 15 is 0 Å². The van der Waals surface area contributed by atoms with Gasteiger partial charge in [-0.1, -0.05) is 220 Å². The van der Waals surface area contributed by atoms with Crippen molar-refractivity contribution in [2.75, 3.05) is 0 Å². The van der Waals surface area contributed by atoms with Gasteiger partial charge in [0.15, 0.2) is 17.5 Å². The largest absolute Gasteiger partial charge is 0.208 e. The average molecular weight is 804 g/mol. The van der Waals surface area contributed by atoms with Crippen LogP contribution in [0.3, 0.4) is 0 Å². The summed E-state index contributed by atoms with van der Waals surface area (Å²) < 4.78 is 0. The number of fused-ring (bicyclic) bond motifs is 7. The summed E-state index contributed by atoms with van der Waals surface area (Å²) in [6.07, 6.45) is 0. The molecule has 0 aliphatic heterocycles. The Morgan fingerprint density at radius 3 is 1.54 bits per heavy atom. The zero-order valence-electron chi connectivity index (χ0n) is 35.0. The smallest absolute Gasteiger partial charge is 0.164 e. The van der Waals surface area contributed by atoms with Gasteiger partial charge in [-0.15, -0.1) is 0 Å². The van der Waals surface area contributed by atoms with E-state index in [9.17, 15) is 0 Å². The molecule has 10 aromatic carbocycles. The molecule has 0 saturated carbocycles. The molecule has 12 rings (SSSR count). The van der Waals surface area contributed by atoms with Crippen molar-refractivity contribution in [1.29, 1.82) is 0 Å². The summed E-state index contributed by atoms with van der Waals surface area (Å²) in [5, 5.41) is 7.44. The third-order valence-electron chi connectivity index (χ3n) is 13.1. The molecule has 0 atom stereocenters. The van der Waals surface area contributed by atoms with Gasteiger partial charge >= 0.3 is 0 Å². The van der Waals surface area contributed by atoms with Crippen molar-refractivity contribution >= 4 is 32.3 Å². The molecule has 11 aromatic rings. The fourth-order valence-corrected chi connectivity index (χ4v) is 10.1. The number of aromatic nitrogens is 3. The Kier molecular flexibility index (Phi) is 8.52. The molecule has 3 nitrogen and oxygen atoms in total. The van der Waals surface area contributed by atoms with E-state index in [4.69, 9.17) is 15.0 Å². The van der Waals surface area contributed by atoms with E-state index < -0.39 is 0 Å². The van der Waals surface area contributed by atoms with Crippen molar-refractivity contribution in [3.8, 4) is 78.7 Å². The summed E-state index contributed by atoms with van der Waals surface area (Å²) in [4.78, 5) is 15.9. The van der Waals surface area contributed by atoms with Crippen LogP contribution in [0.15, 0.2) is 212 Å². The van der Waals surface area contributed by atoms with Crippen LogP contribution in [0.2, 0.25) is 0 Å². The molecule has 3 heteroatoms. The predicted octanol–water partition coefficient (Wildman–Crippen LogP) is 15.6. The molecule has 0 spiro atoms. The summed E-state index contributed by atoms with van der Waals surface area (Å²) >= 11 is 0. The lowest BCUT2D eigenvalue weighted by molar-refractivity contribution is 0.662. The molecule has 1 heterocycles. The van der Waals surface area contributed by atoms with E-state index in [2.05, 4.69) is 220 Å². The van der Waals surface area contributed by atoms with Crippen molar-refractivity contribution < 1.29 is 0 Å². The minimum Gasteiger partial charge on any atom is -0.208 e. The molecule has 296 valence electrons. The van der Waals surface area contributed by atoms with Gasteiger partial charge < -0.3 is 0 Å². The first-order valence-electron chi connectivity index (χ1n) is 21.7. The van der Waals surface area contributed by atoms with Crippen molar-refractivity contribution in [2.24, 2.45) is 0 Å². The van der Waals surface area contributed by atoms with Gasteiger partial charge in [0.2, 0.25) is 0 Å². The highest BCUT2D eigenvalue weighted by atomic mass is 15.0. The van der Waals surface area contributed by atoms with Gasteiger partial charge in [-0.2, -0.15) is 0 Å². The standard InChI is InChI=1S/C60H41N3/c1-60(2)54-26-13-12-22-48(54)51-25-14-24-50(56(51)60)47-21-10-11-23-52(47)59-62-57(42-31-27-39(28-32-42)38-15-4-3-5-16-38)61-58(63-59)43-33-29-41(30-34-43)55-46-20-9-7-18-44(46)37-53-45-19-8-6-17-40(45)35-36-49(53)55/h3-37H,1-2H3. The maximum Gasteiger partial charge on any atom is 0.164 e. The second-order valence-corrected chi connectivity index (χ2v) is 17.1. The lowest BCUT2D eigenvalue weighted by Gasteiger charge is -2.25. The van der Waals surface area contributed by atoms with Crippen LogP contribution in [-0.2, 0) is 5.41 Å². The normalized spacial score (nSPS) is 12.7. The lowest BCUT2D eigenvalue weighted by atomic mass is 9.78. The lowest BCUT2D eigenvalue weighted by Crippen LogP contribution is -2.16. The average Bonchev–Trinajstić information content (AvgIpc) is 3.59. The highest BCUT2D eigenvalue weighted by Crippen LogP contribution is 2.53. The Bertz CT molecular complexity index is 3570. The van der Waals surface area contributed by atoms with Crippen LogP contribution in [-0.4, -0.2) is 15.0 Å². The Labute approximate surface area is 367 Å². The molecule has 1 aromatic heterocycles. The summed E-state index contributed by atoms with van der Waals surface area (Å²) in [5.41, 5.74) is 14.9. The maximum absolute atomic E-state index is 5.33. The fourth-order valence-electron chi connectivity index (χ4n) is 10.1. The minimum absolute atomic E-state index is 0.185. The van der Waals surface area contributed by atoms with E-state index in [0.717, 1.165) is 33.4 Å². The van der Waals surface area contributed by atoms with Gasteiger partial charge in [0.05, 0.1) is 0 Å². The van der Waals surface area contributed by atoms with Gasteiger partial charge in [-0.05, 0) is 94.0 Å². The zero-order valence-corrected chi connectivity index (χ0v) is 35.0. The molecule has 0 N–H and O–H groups in total. The first-order chi connectivity index (χ1) is 31.0. The summed E-state index contributed by atoms with van der Waals surface area (Å²) in [6, 6.07) is 76.2. The Hall–Kier alpha value is -8.01. The number of benzene rings is 10. The topological polar surface area (TPSA) is 38.7 Å². The quantitative estimate of drug-likeness (QED) is 0.124. The van der Waals surface area contributed by atoms with E-state index in [0.29, 0.717) is 17.5 Å². The van der Waals surface area contributed by atoms with Gasteiger partial charge in [-0.3, -0.25) is 0 Å². The van der Waals surface area contributed by atoms with Gasteiger partial charge in [0, 0.05) is 22.1 Å². The van der Waals surface area contributed by atoms with E-state index in [1.165, 1.54) is 71.3 Å². The van der Waals surface area contributed by atoms with Gasteiger partial charge in [0.1, 0.15) is 0 Å². The molecule has 63 heavy (non-hydrogen) atoms. The second-order valence-electron chi connectivity index (χ2n) is 17.1. The fraction of sp³-hybridized carbons (Fsp3) is 0.0500. The number of rotatable bonds is 6. The Morgan fingerprint density at radius 2 is 0.810 bits per heavy atom. The second kappa shape index (κ2) is 14.6. The van der Waals surface area contributed by atoms with E-state index in [1.807, 2.05) is 6.07 Å². The third-order valence-corrected chi connectivity index (χ3v) is 13.1. The molecular formula is C60H41N3. The van der Waals surface area contributed by atoms with Crippen LogP contribution in [0.4, 0.5) is 0 Å². The minimum atomic E-state index is -0.185. The summed E-state index contributed by atoms with van der Waals surface area (Å²) in [6.45, 7) is 4.68. The molecule has 0 saturated heterocycles. The molecule has 1 aliphatic carbocycles. The third kappa shape index (κ3) is 6.07. The Morgan fingerprint density at radius 1 is 0.302 bits per heavy atom. The monoisotopic (exact) mass is 803 g/mol. The number of hydrogen-bond acceptors (Lipinski definition) is 3. The molecule has 1 aliphatic rings. The van der Waals surface area contributed by atoms with E-state index in [1.54, 1.807) is 0 Å². The van der Waals surface area contributed by atoms with Crippen LogP contribution in [0.1, 0.15) is 25.0 Å². The SMILES string of the molecule is CC1(C)c2ccccc2-c2cccc(-c3ccccc3-c3nc(-c4ccc(-c5ccccc5)cc4)nc(-c4ccc(-c5c6ccccc6cc6c5ccc5ccccc56)cc4)n3)c21. The highest BCUT2D eigenvalue weighted by Gasteiger charge is 2.37. The molecule has 0 bridgehead atoms. The number of hydrogen-bond donors (Lipinski definition) is 0. The van der Waals surface area contributed by atoms with Crippen LogP contribution < -0.4 is 0 Å². The zero-order chi connectivity index (χ0) is 42.1. The van der Waals surface area contributed by atoms with Crippen LogP contribution in [0, 0.1) is 0 Å². The molecular weight excluding hydrogens is 763 g/mol. The van der Waals surface area contributed by atoms with Gasteiger partial charge in [0.25, 0.3) is 0 Å². The first kappa shape index (κ1) is 36.8. The summed E-state index contributed by atoms with van der Waals surface area (Å²) in [5.74, 6) is 1.90. The maximum atomic E-state index is 5.33. The Balaban J connectivity index is 1.02.